The fourth-order valence-corrected chi connectivity index (χ4v) is 2.69. The minimum absolute atomic E-state index is 0.00284. The largest absolute Gasteiger partial charge is 0.348 e. The number of nitrogens with one attached hydrogen (secondary N) is 1. The van der Waals surface area contributed by atoms with Crippen LogP contribution in [0.5, 0.6) is 0 Å². The normalized spacial score (nSPS) is 10.5. The van der Waals surface area contributed by atoms with E-state index in [4.69, 9.17) is 11.6 Å². The summed E-state index contributed by atoms with van der Waals surface area (Å²) >= 11 is 5.76. The van der Waals surface area contributed by atoms with Crippen molar-refractivity contribution in [1.82, 2.24) is 14.9 Å². The zero-order valence-electron chi connectivity index (χ0n) is 13.8. The lowest BCUT2D eigenvalue weighted by molar-refractivity contribution is -0.384. The standard InChI is InChI=1S/C18H15ClN4O3/c1-12-20-8-9-22(12)15-5-2-13(3-6-15)11-21-18(24)14-4-7-16(19)17(10-14)23(25)26/h2-10H,11H2,1H3,(H,21,24). The molecule has 132 valence electrons. The maximum absolute atomic E-state index is 12.2. The van der Waals surface area contributed by atoms with E-state index < -0.39 is 10.8 Å². The van der Waals surface area contributed by atoms with Gasteiger partial charge in [0.25, 0.3) is 11.6 Å². The van der Waals surface area contributed by atoms with Gasteiger partial charge >= 0.3 is 0 Å². The first-order chi connectivity index (χ1) is 12.5. The van der Waals surface area contributed by atoms with Gasteiger partial charge in [0.15, 0.2) is 0 Å². The smallest absolute Gasteiger partial charge is 0.288 e. The molecular formula is C18H15ClN4O3. The van der Waals surface area contributed by atoms with E-state index in [1.807, 2.05) is 42.0 Å². The number of rotatable bonds is 5. The molecule has 1 amide bonds. The average Bonchev–Trinajstić information content (AvgIpc) is 3.06. The molecule has 8 heteroatoms. The Morgan fingerprint density at radius 3 is 2.62 bits per heavy atom. The molecule has 0 bridgehead atoms. The van der Waals surface area contributed by atoms with Crippen molar-refractivity contribution in [1.29, 1.82) is 0 Å². The quantitative estimate of drug-likeness (QED) is 0.548. The van der Waals surface area contributed by atoms with Gasteiger partial charge in [-0.3, -0.25) is 14.9 Å². The van der Waals surface area contributed by atoms with E-state index in [0.29, 0.717) is 6.54 Å². The number of amides is 1. The Morgan fingerprint density at radius 2 is 2.00 bits per heavy atom. The minimum atomic E-state index is -0.615. The molecule has 3 aromatic rings. The summed E-state index contributed by atoms with van der Waals surface area (Å²) in [6, 6.07) is 11.6. The molecule has 7 nitrogen and oxygen atoms in total. The summed E-state index contributed by atoms with van der Waals surface area (Å²) in [5.74, 6) is 0.481. The van der Waals surface area contributed by atoms with Crippen LogP contribution in [-0.4, -0.2) is 20.4 Å². The SMILES string of the molecule is Cc1nccn1-c1ccc(CNC(=O)c2ccc(Cl)c([N+](=O)[O-])c2)cc1. The van der Waals surface area contributed by atoms with Gasteiger partial charge in [-0.2, -0.15) is 0 Å². The molecule has 0 unspecified atom stereocenters. The molecule has 0 radical (unpaired) electrons. The predicted molar refractivity (Wildman–Crippen MR) is 97.6 cm³/mol. The summed E-state index contributed by atoms with van der Waals surface area (Å²) in [4.78, 5) is 26.7. The van der Waals surface area contributed by atoms with Crippen molar-refractivity contribution < 1.29 is 9.72 Å². The molecule has 0 aliphatic heterocycles. The summed E-state index contributed by atoms with van der Waals surface area (Å²) in [6.07, 6.45) is 3.61. The van der Waals surface area contributed by atoms with E-state index in [9.17, 15) is 14.9 Å². The molecule has 2 aromatic carbocycles. The molecule has 1 aromatic heterocycles. The van der Waals surface area contributed by atoms with Gasteiger partial charge in [0.2, 0.25) is 0 Å². The van der Waals surface area contributed by atoms with Crippen molar-refractivity contribution in [2.45, 2.75) is 13.5 Å². The molecule has 26 heavy (non-hydrogen) atoms. The summed E-state index contributed by atoms with van der Waals surface area (Å²) < 4.78 is 1.95. The van der Waals surface area contributed by atoms with E-state index in [1.165, 1.54) is 18.2 Å². The van der Waals surface area contributed by atoms with Crippen molar-refractivity contribution in [3.05, 3.63) is 86.9 Å². The Hall–Kier alpha value is -3.19. The van der Waals surface area contributed by atoms with Crippen molar-refractivity contribution in [3.8, 4) is 5.69 Å². The van der Waals surface area contributed by atoms with Crippen LogP contribution in [0.15, 0.2) is 54.9 Å². The Balaban J connectivity index is 1.67. The molecule has 0 aliphatic carbocycles. The summed E-state index contributed by atoms with van der Waals surface area (Å²) in [7, 11) is 0. The third-order valence-corrected chi connectivity index (χ3v) is 4.22. The monoisotopic (exact) mass is 370 g/mol. The van der Waals surface area contributed by atoms with Crippen LogP contribution in [0.1, 0.15) is 21.7 Å². The number of imidazole rings is 1. The van der Waals surface area contributed by atoms with Crippen LogP contribution in [0.2, 0.25) is 5.02 Å². The third-order valence-electron chi connectivity index (χ3n) is 3.90. The molecule has 0 fully saturated rings. The second-order valence-electron chi connectivity index (χ2n) is 5.62. The van der Waals surface area contributed by atoms with Crippen LogP contribution in [0.3, 0.4) is 0 Å². The highest BCUT2D eigenvalue weighted by atomic mass is 35.5. The lowest BCUT2D eigenvalue weighted by atomic mass is 10.1. The van der Waals surface area contributed by atoms with Gasteiger partial charge in [-0.15, -0.1) is 0 Å². The van der Waals surface area contributed by atoms with Crippen LogP contribution >= 0.6 is 11.6 Å². The van der Waals surface area contributed by atoms with Crippen molar-refractivity contribution in [3.63, 3.8) is 0 Å². The van der Waals surface area contributed by atoms with Gasteiger partial charge in [0.1, 0.15) is 10.8 Å². The number of aryl methyl sites for hydroxylation is 1. The fourth-order valence-electron chi connectivity index (χ4n) is 2.50. The molecule has 3 rings (SSSR count). The Kier molecular flexibility index (Phi) is 4.99. The second-order valence-corrected chi connectivity index (χ2v) is 6.02. The number of nitro groups is 1. The second kappa shape index (κ2) is 7.37. The molecule has 1 N–H and O–H groups in total. The van der Waals surface area contributed by atoms with E-state index >= 15 is 0 Å². The van der Waals surface area contributed by atoms with Crippen LogP contribution in [0, 0.1) is 17.0 Å². The first-order valence-electron chi connectivity index (χ1n) is 7.77. The molecule has 0 saturated heterocycles. The minimum Gasteiger partial charge on any atom is -0.348 e. The van der Waals surface area contributed by atoms with Gasteiger partial charge in [-0.1, -0.05) is 23.7 Å². The number of nitrogens with zero attached hydrogens (tertiary/aromatic N) is 3. The molecule has 1 heterocycles. The number of nitro benzene ring substituents is 1. The van der Waals surface area contributed by atoms with E-state index in [2.05, 4.69) is 10.3 Å². The molecule has 0 saturated carbocycles. The topological polar surface area (TPSA) is 90.1 Å². The van der Waals surface area contributed by atoms with E-state index in [0.717, 1.165) is 17.1 Å². The Labute approximate surface area is 154 Å². The first kappa shape index (κ1) is 17.6. The van der Waals surface area contributed by atoms with Crippen LogP contribution in [-0.2, 0) is 6.54 Å². The molecule has 0 spiro atoms. The van der Waals surface area contributed by atoms with Gasteiger partial charge in [0, 0.05) is 36.3 Å². The Morgan fingerprint density at radius 1 is 1.27 bits per heavy atom. The number of carbonyl (C=O) groups is 1. The number of hydrogen-bond donors (Lipinski definition) is 1. The van der Waals surface area contributed by atoms with E-state index in [1.54, 1.807) is 6.20 Å². The molecule has 0 aliphatic rings. The number of hydrogen-bond acceptors (Lipinski definition) is 4. The number of carbonyl (C=O) groups excluding carboxylic acids is 1. The number of benzene rings is 2. The highest BCUT2D eigenvalue weighted by Crippen LogP contribution is 2.25. The summed E-state index contributed by atoms with van der Waals surface area (Å²) in [5.41, 5.74) is 1.78. The number of aromatic nitrogens is 2. The van der Waals surface area contributed by atoms with Gasteiger partial charge < -0.3 is 9.88 Å². The van der Waals surface area contributed by atoms with Crippen LogP contribution in [0.4, 0.5) is 5.69 Å². The summed E-state index contributed by atoms with van der Waals surface area (Å²) in [6.45, 7) is 2.22. The first-order valence-corrected chi connectivity index (χ1v) is 8.15. The highest BCUT2D eigenvalue weighted by Gasteiger charge is 2.16. The lowest BCUT2D eigenvalue weighted by Crippen LogP contribution is -2.22. The molecular weight excluding hydrogens is 356 g/mol. The van der Waals surface area contributed by atoms with Crippen molar-refractivity contribution in [2.24, 2.45) is 0 Å². The zero-order valence-corrected chi connectivity index (χ0v) is 14.6. The maximum Gasteiger partial charge on any atom is 0.288 e. The maximum atomic E-state index is 12.2. The number of halogens is 1. The Bertz CT molecular complexity index is 967. The van der Waals surface area contributed by atoms with Gasteiger partial charge in [-0.05, 0) is 36.8 Å². The summed E-state index contributed by atoms with van der Waals surface area (Å²) in [5, 5.41) is 13.7. The third kappa shape index (κ3) is 3.73. The molecule has 0 atom stereocenters. The predicted octanol–water partition coefficient (Wildman–Crippen LogP) is 3.67. The van der Waals surface area contributed by atoms with E-state index in [-0.39, 0.29) is 16.3 Å². The van der Waals surface area contributed by atoms with Gasteiger partial charge in [0.05, 0.1) is 4.92 Å². The fraction of sp³-hybridized carbons (Fsp3) is 0.111. The highest BCUT2D eigenvalue weighted by molar-refractivity contribution is 6.32. The zero-order chi connectivity index (χ0) is 18.7. The van der Waals surface area contributed by atoms with Crippen LogP contribution in [0.25, 0.3) is 5.69 Å². The van der Waals surface area contributed by atoms with Gasteiger partial charge in [-0.25, -0.2) is 4.98 Å². The lowest BCUT2D eigenvalue weighted by Gasteiger charge is -2.08. The van der Waals surface area contributed by atoms with Crippen molar-refractivity contribution >= 4 is 23.2 Å². The average molecular weight is 371 g/mol. The van der Waals surface area contributed by atoms with Crippen molar-refractivity contribution in [2.75, 3.05) is 0 Å². The van der Waals surface area contributed by atoms with Crippen LogP contribution < -0.4 is 5.32 Å².